The molecule has 1 saturated carbocycles. The highest BCUT2D eigenvalue weighted by atomic mass is 32.2. The van der Waals surface area contributed by atoms with Crippen molar-refractivity contribution in [1.29, 1.82) is 0 Å². The van der Waals surface area contributed by atoms with Crippen molar-refractivity contribution in [3.8, 4) is 5.75 Å². The highest BCUT2D eigenvalue weighted by Gasteiger charge is 2.32. The number of rotatable bonds is 10. The van der Waals surface area contributed by atoms with Crippen molar-refractivity contribution >= 4 is 27.5 Å². The second-order valence-electron chi connectivity index (χ2n) is 9.47. The molecule has 1 atom stereocenters. The Morgan fingerprint density at radius 2 is 1.69 bits per heavy atom. The van der Waals surface area contributed by atoms with Crippen LogP contribution >= 0.6 is 0 Å². The van der Waals surface area contributed by atoms with E-state index >= 15 is 0 Å². The number of methoxy groups -OCH3 is 1. The lowest BCUT2D eigenvalue weighted by Gasteiger charge is -2.33. The number of carbonyl (C=O) groups excluding carboxylic acids is 2. The van der Waals surface area contributed by atoms with Crippen LogP contribution in [-0.4, -0.2) is 57.1 Å². The van der Waals surface area contributed by atoms with Crippen molar-refractivity contribution in [3.63, 3.8) is 0 Å². The summed E-state index contributed by atoms with van der Waals surface area (Å²) in [5, 5.41) is 3.10. The SMILES string of the molecule is COc1ccccc1N(CC(=O)N(Cc1ccc(C)cc1)C(C)C(=O)NC1CCCCC1)S(C)(=O)=O. The van der Waals surface area contributed by atoms with Crippen LogP contribution in [0, 0.1) is 6.92 Å². The Labute approximate surface area is 214 Å². The Hall–Kier alpha value is -3.07. The normalized spacial score (nSPS) is 15.1. The van der Waals surface area contributed by atoms with Gasteiger partial charge in [0.1, 0.15) is 18.3 Å². The van der Waals surface area contributed by atoms with Gasteiger partial charge in [-0.05, 0) is 44.4 Å². The highest BCUT2D eigenvalue weighted by molar-refractivity contribution is 7.92. The maximum Gasteiger partial charge on any atom is 0.244 e. The third-order valence-corrected chi connectivity index (χ3v) is 7.75. The number of benzene rings is 2. The van der Waals surface area contributed by atoms with Crippen molar-refractivity contribution in [3.05, 3.63) is 59.7 Å². The molecule has 0 aromatic heterocycles. The van der Waals surface area contributed by atoms with Crippen LogP contribution in [0.25, 0.3) is 0 Å². The first-order valence-corrected chi connectivity index (χ1v) is 14.2. The first-order valence-electron chi connectivity index (χ1n) is 12.4. The molecule has 2 amide bonds. The van der Waals surface area contributed by atoms with Gasteiger partial charge in [0.05, 0.1) is 19.1 Å². The number of aryl methyl sites for hydroxylation is 1. The van der Waals surface area contributed by atoms with Crippen LogP contribution in [0.15, 0.2) is 48.5 Å². The summed E-state index contributed by atoms with van der Waals surface area (Å²) >= 11 is 0. The molecule has 1 N–H and O–H groups in total. The number of para-hydroxylation sites is 2. The van der Waals surface area contributed by atoms with Gasteiger partial charge < -0.3 is 15.0 Å². The number of nitrogens with one attached hydrogen (secondary N) is 1. The quantitative estimate of drug-likeness (QED) is 0.521. The van der Waals surface area contributed by atoms with E-state index in [1.807, 2.05) is 31.2 Å². The van der Waals surface area contributed by atoms with Gasteiger partial charge in [0.15, 0.2) is 0 Å². The maximum absolute atomic E-state index is 13.7. The van der Waals surface area contributed by atoms with Gasteiger partial charge in [-0.1, -0.05) is 61.2 Å². The summed E-state index contributed by atoms with van der Waals surface area (Å²) in [5.41, 5.74) is 2.21. The molecule has 0 radical (unpaired) electrons. The third-order valence-electron chi connectivity index (χ3n) is 6.63. The molecule has 196 valence electrons. The van der Waals surface area contributed by atoms with Crippen molar-refractivity contribution in [2.24, 2.45) is 0 Å². The van der Waals surface area contributed by atoms with Crippen molar-refractivity contribution in [2.75, 3.05) is 24.2 Å². The lowest BCUT2D eigenvalue weighted by atomic mass is 9.95. The van der Waals surface area contributed by atoms with Gasteiger partial charge >= 0.3 is 0 Å². The third kappa shape index (κ3) is 7.22. The second-order valence-corrected chi connectivity index (χ2v) is 11.4. The Morgan fingerprint density at radius 1 is 1.06 bits per heavy atom. The summed E-state index contributed by atoms with van der Waals surface area (Å²) in [6.07, 6.45) is 6.24. The molecular formula is C27H37N3O5S. The van der Waals surface area contributed by atoms with E-state index in [9.17, 15) is 18.0 Å². The molecule has 1 aliphatic carbocycles. The maximum atomic E-state index is 13.7. The molecule has 1 unspecified atom stereocenters. The number of amides is 2. The van der Waals surface area contributed by atoms with Gasteiger partial charge in [-0.15, -0.1) is 0 Å². The fourth-order valence-electron chi connectivity index (χ4n) is 4.47. The monoisotopic (exact) mass is 515 g/mol. The van der Waals surface area contributed by atoms with Crippen LogP contribution in [0.5, 0.6) is 5.75 Å². The molecule has 2 aromatic carbocycles. The van der Waals surface area contributed by atoms with E-state index in [1.54, 1.807) is 31.2 Å². The fourth-order valence-corrected chi connectivity index (χ4v) is 5.33. The minimum Gasteiger partial charge on any atom is -0.495 e. The standard InChI is InChI=1S/C27H37N3O5S/c1-20-14-16-22(17-15-20)18-29(21(2)27(32)28-23-10-6-5-7-11-23)26(31)19-30(36(4,33)34)24-12-8-9-13-25(24)35-3/h8-9,12-17,21,23H,5-7,10-11,18-19H2,1-4H3,(H,28,32). The van der Waals surface area contributed by atoms with E-state index in [4.69, 9.17) is 4.74 Å². The van der Waals surface area contributed by atoms with E-state index in [-0.39, 0.29) is 24.2 Å². The summed E-state index contributed by atoms with van der Waals surface area (Å²) in [7, 11) is -2.37. The van der Waals surface area contributed by atoms with Gasteiger partial charge in [0.2, 0.25) is 21.8 Å². The number of hydrogen-bond donors (Lipinski definition) is 1. The molecule has 36 heavy (non-hydrogen) atoms. The molecule has 0 saturated heterocycles. The van der Waals surface area contributed by atoms with E-state index in [1.165, 1.54) is 18.4 Å². The van der Waals surface area contributed by atoms with Crippen LogP contribution < -0.4 is 14.4 Å². The van der Waals surface area contributed by atoms with Crippen molar-refractivity contribution in [1.82, 2.24) is 10.2 Å². The van der Waals surface area contributed by atoms with E-state index in [0.29, 0.717) is 5.75 Å². The first kappa shape index (κ1) is 27.5. The van der Waals surface area contributed by atoms with Gasteiger partial charge in [-0.2, -0.15) is 0 Å². The molecule has 0 bridgehead atoms. The second kappa shape index (κ2) is 12.3. The van der Waals surface area contributed by atoms with E-state index < -0.39 is 28.5 Å². The molecule has 0 heterocycles. The number of ether oxygens (including phenoxy) is 1. The topological polar surface area (TPSA) is 96.0 Å². The Balaban J connectivity index is 1.89. The average molecular weight is 516 g/mol. The number of hydrogen-bond acceptors (Lipinski definition) is 5. The zero-order chi connectivity index (χ0) is 26.3. The smallest absolute Gasteiger partial charge is 0.244 e. The lowest BCUT2D eigenvalue weighted by Crippen LogP contribution is -2.53. The minimum absolute atomic E-state index is 0.103. The Morgan fingerprint density at radius 3 is 2.31 bits per heavy atom. The summed E-state index contributed by atoms with van der Waals surface area (Å²) in [4.78, 5) is 28.3. The molecule has 1 fully saturated rings. The molecule has 3 rings (SSSR count). The molecule has 8 nitrogen and oxygen atoms in total. The summed E-state index contributed by atoms with van der Waals surface area (Å²) < 4.78 is 31.9. The number of nitrogens with zero attached hydrogens (tertiary/aromatic N) is 2. The fraction of sp³-hybridized carbons (Fsp3) is 0.481. The molecular weight excluding hydrogens is 478 g/mol. The van der Waals surface area contributed by atoms with Gasteiger partial charge in [-0.25, -0.2) is 8.42 Å². The number of carbonyl (C=O) groups is 2. The Bertz CT molecular complexity index is 1140. The van der Waals surface area contributed by atoms with Crippen molar-refractivity contribution in [2.45, 2.75) is 64.6 Å². The predicted octanol–water partition coefficient (Wildman–Crippen LogP) is 3.64. The van der Waals surface area contributed by atoms with Crippen LogP contribution in [0.2, 0.25) is 0 Å². The highest BCUT2D eigenvalue weighted by Crippen LogP contribution is 2.29. The Kier molecular flexibility index (Phi) is 9.37. The molecule has 0 spiro atoms. The van der Waals surface area contributed by atoms with Gasteiger partial charge in [-0.3, -0.25) is 13.9 Å². The summed E-state index contributed by atoms with van der Waals surface area (Å²) in [5.74, 6) is -0.368. The number of anilines is 1. The zero-order valence-electron chi connectivity index (χ0n) is 21.6. The summed E-state index contributed by atoms with van der Waals surface area (Å²) in [6.45, 7) is 3.40. The van der Waals surface area contributed by atoms with E-state index in [0.717, 1.165) is 47.4 Å². The van der Waals surface area contributed by atoms with Crippen LogP contribution in [0.4, 0.5) is 5.69 Å². The van der Waals surface area contributed by atoms with E-state index in [2.05, 4.69) is 5.32 Å². The average Bonchev–Trinajstić information content (AvgIpc) is 2.86. The zero-order valence-corrected chi connectivity index (χ0v) is 22.4. The molecule has 1 aliphatic rings. The molecule has 9 heteroatoms. The predicted molar refractivity (Wildman–Crippen MR) is 141 cm³/mol. The van der Waals surface area contributed by atoms with Gasteiger partial charge in [0, 0.05) is 12.6 Å². The first-order chi connectivity index (χ1) is 17.1. The van der Waals surface area contributed by atoms with Crippen LogP contribution in [0.3, 0.4) is 0 Å². The van der Waals surface area contributed by atoms with Crippen molar-refractivity contribution < 1.29 is 22.7 Å². The van der Waals surface area contributed by atoms with Gasteiger partial charge in [0.25, 0.3) is 0 Å². The lowest BCUT2D eigenvalue weighted by molar-refractivity contribution is -0.139. The van der Waals surface area contributed by atoms with Crippen LogP contribution in [-0.2, 0) is 26.2 Å². The van der Waals surface area contributed by atoms with Crippen LogP contribution in [0.1, 0.15) is 50.2 Å². The number of sulfonamides is 1. The largest absolute Gasteiger partial charge is 0.495 e. The minimum atomic E-state index is -3.82. The molecule has 0 aliphatic heterocycles. The summed E-state index contributed by atoms with van der Waals surface area (Å²) in [6, 6.07) is 13.7. The molecule has 2 aromatic rings.